The molecule has 5 nitrogen and oxygen atoms in total. The first kappa shape index (κ1) is 13.0. The largest absolute Gasteiger partial charge is 0.366 e. The van der Waals surface area contributed by atoms with Crippen molar-refractivity contribution in [1.29, 1.82) is 0 Å². The highest BCUT2D eigenvalue weighted by atomic mass is 35.5. The monoisotopic (exact) mass is 275 g/mol. The first-order chi connectivity index (χ1) is 9.06. The quantitative estimate of drug-likeness (QED) is 0.841. The molecular formula is C13H10ClN3O2. The van der Waals surface area contributed by atoms with Gasteiger partial charge in [0.2, 0.25) is 5.91 Å². The van der Waals surface area contributed by atoms with E-state index in [-0.39, 0.29) is 5.91 Å². The molecule has 2 rings (SSSR count). The number of hydrogen-bond donors (Lipinski definition) is 2. The number of carbonyl (C=O) groups is 2. The SMILES string of the molecule is NC(=O)c1ccc(C(=O)Nc2ccc(Cl)nc2)cc1. The number of anilines is 1. The van der Waals surface area contributed by atoms with E-state index in [1.807, 2.05) is 0 Å². The van der Waals surface area contributed by atoms with Gasteiger partial charge in [0.05, 0.1) is 11.9 Å². The number of nitrogens with one attached hydrogen (secondary N) is 1. The van der Waals surface area contributed by atoms with Crippen molar-refractivity contribution in [2.24, 2.45) is 5.73 Å². The second-order valence-corrected chi connectivity index (χ2v) is 4.15. The second kappa shape index (κ2) is 5.49. The lowest BCUT2D eigenvalue weighted by atomic mass is 10.1. The summed E-state index contributed by atoms with van der Waals surface area (Å²) in [6, 6.07) is 9.27. The molecular weight excluding hydrogens is 266 g/mol. The Balaban J connectivity index is 2.11. The molecule has 96 valence electrons. The van der Waals surface area contributed by atoms with Gasteiger partial charge in [0.25, 0.3) is 5.91 Å². The Morgan fingerprint density at radius 1 is 1.05 bits per heavy atom. The molecule has 0 spiro atoms. The van der Waals surface area contributed by atoms with Crippen LogP contribution in [-0.2, 0) is 0 Å². The van der Waals surface area contributed by atoms with Gasteiger partial charge in [-0.1, -0.05) is 11.6 Å². The Labute approximate surface area is 114 Å². The van der Waals surface area contributed by atoms with Crippen LogP contribution in [0.4, 0.5) is 5.69 Å². The van der Waals surface area contributed by atoms with Gasteiger partial charge in [-0.2, -0.15) is 0 Å². The van der Waals surface area contributed by atoms with Gasteiger partial charge >= 0.3 is 0 Å². The molecule has 0 atom stereocenters. The summed E-state index contributed by atoms with van der Waals surface area (Å²) in [5, 5.41) is 3.01. The molecule has 0 radical (unpaired) electrons. The molecule has 1 heterocycles. The van der Waals surface area contributed by atoms with E-state index in [1.54, 1.807) is 12.1 Å². The number of halogens is 1. The third-order valence-corrected chi connectivity index (χ3v) is 2.64. The summed E-state index contributed by atoms with van der Waals surface area (Å²) in [4.78, 5) is 26.7. The molecule has 1 aromatic carbocycles. The predicted molar refractivity (Wildman–Crippen MR) is 72.2 cm³/mol. The van der Waals surface area contributed by atoms with Crippen LogP contribution >= 0.6 is 11.6 Å². The maximum absolute atomic E-state index is 11.9. The average Bonchev–Trinajstić information content (AvgIpc) is 2.41. The van der Waals surface area contributed by atoms with Crippen molar-refractivity contribution in [3.05, 3.63) is 58.9 Å². The van der Waals surface area contributed by atoms with Crippen LogP contribution in [0, 0.1) is 0 Å². The van der Waals surface area contributed by atoms with Crippen molar-refractivity contribution in [2.45, 2.75) is 0 Å². The number of aromatic nitrogens is 1. The first-order valence-electron chi connectivity index (χ1n) is 5.39. The Bertz CT molecular complexity index is 609. The van der Waals surface area contributed by atoms with Crippen molar-refractivity contribution < 1.29 is 9.59 Å². The van der Waals surface area contributed by atoms with E-state index in [0.29, 0.717) is 22.0 Å². The van der Waals surface area contributed by atoms with E-state index < -0.39 is 5.91 Å². The summed E-state index contributed by atoms with van der Waals surface area (Å²) in [7, 11) is 0. The fourth-order valence-corrected chi connectivity index (χ4v) is 1.55. The molecule has 1 aromatic heterocycles. The zero-order chi connectivity index (χ0) is 13.8. The standard InChI is InChI=1S/C13H10ClN3O2/c14-11-6-5-10(7-16-11)17-13(19)9-3-1-8(2-4-9)12(15)18/h1-7H,(H2,15,18)(H,17,19). The molecule has 19 heavy (non-hydrogen) atoms. The minimum Gasteiger partial charge on any atom is -0.366 e. The first-order valence-corrected chi connectivity index (χ1v) is 5.77. The minimum absolute atomic E-state index is 0.305. The molecule has 3 N–H and O–H groups in total. The molecule has 0 saturated heterocycles. The molecule has 0 saturated carbocycles. The van der Waals surface area contributed by atoms with Crippen molar-refractivity contribution in [3.8, 4) is 0 Å². The fourth-order valence-electron chi connectivity index (χ4n) is 1.44. The Kier molecular flexibility index (Phi) is 3.77. The highest BCUT2D eigenvalue weighted by Gasteiger charge is 2.07. The number of nitrogens with two attached hydrogens (primary N) is 1. The Morgan fingerprint density at radius 3 is 2.21 bits per heavy atom. The maximum atomic E-state index is 11.9. The second-order valence-electron chi connectivity index (χ2n) is 3.77. The number of carbonyl (C=O) groups excluding carboxylic acids is 2. The predicted octanol–water partition coefficient (Wildman–Crippen LogP) is 2.09. The average molecular weight is 276 g/mol. The molecule has 0 unspecified atom stereocenters. The van der Waals surface area contributed by atoms with Crippen LogP contribution in [0.25, 0.3) is 0 Å². The third kappa shape index (κ3) is 3.29. The summed E-state index contributed by atoms with van der Waals surface area (Å²) in [6.07, 6.45) is 1.46. The van der Waals surface area contributed by atoms with Gasteiger partial charge in [-0.3, -0.25) is 9.59 Å². The normalized spacial score (nSPS) is 9.95. The van der Waals surface area contributed by atoms with Gasteiger partial charge in [0, 0.05) is 11.1 Å². The molecule has 2 amide bonds. The number of benzene rings is 1. The zero-order valence-corrected chi connectivity index (χ0v) is 10.5. The van der Waals surface area contributed by atoms with Crippen LogP contribution < -0.4 is 11.1 Å². The van der Waals surface area contributed by atoms with Gasteiger partial charge in [-0.25, -0.2) is 4.98 Å². The van der Waals surface area contributed by atoms with Gasteiger partial charge in [0.15, 0.2) is 0 Å². The number of hydrogen-bond acceptors (Lipinski definition) is 3. The van der Waals surface area contributed by atoms with Crippen LogP contribution in [0.5, 0.6) is 0 Å². The van der Waals surface area contributed by atoms with E-state index in [0.717, 1.165) is 0 Å². The van der Waals surface area contributed by atoms with Gasteiger partial charge in [0.1, 0.15) is 5.15 Å². The number of pyridine rings is 1. The maximum Gasteiger partial charge on any atom is 0.255 e. The topological polar surface area (TPSA) is 85.1 Å². The van der Waals surface area contributed by atoms with Gasteiger partial charge < -0.3 is 11.1 Å². The summed E-state index contributed by atoms with van der Waals surface area (Å²) >= 11 is 5.64. The number of nitrogens with zero attached hydrogens (tertiary/aromatic N) is 1. The zero-order valence-electron chi connectivity index (χ0n) is 9.76. The van der Waals surface area contributed by atoms with Crippen molar-refractivity contribution in [3.63, 3.8) is 0 Å². The van der Waals surface area contributed by atoms with Crippen LogP contribution in [0.15, 0.2) is 42.6 Å². The summed E-state index contributed by atoms with van der Waals surface area (Å²) in [5.74, 6) is -0.839. The highest BCUT2D eigenvalue weighted by molar-refractivity contribution is 6.29. The molecule has 0 fully saturated rings. The van der Waals surface area contributed by atoms with Crippen LogP contribution in [0.3, 0.4) is 0 Å². The van der Waals surface area contributed by atoms with E-state index >= 15 is 0 Å². The number of amides is 2. The van der Waals surface area contributed by atoms with E-state index in [1.165, 1.54) is 30.5 Å². The third-order valence-electron chi connectivity index (χ3n) is 2.42. The smallest absolute Gasteiger partial charge is 0.255 e. The number of rotatable bonds is 3. The lowest BCUT2D eigenvalue weighted by Gasteiger charge is -2.05. The van der Waals surface area contributed by atoms with Crippen LogP contribution in [0.1, 0.15) is 20.7 Å². The van der Waals surface area contributed by atoms with E-state index in [4.69, 9.17) is 17.3 Å². The van der Waals surface area contributed by atoms with Gasteiger partial charge in [-0.05, 0) is 36.4 Å². The summed E-state index contributed by atoms with van der Waals surface area (Å²) in [5.41, 5.74) is 6.42. The molecule has 0 aliphatic rings. The Hall–Kier alpha value is -2.40. The van der Waals surface area contributed by atoms with Crippen LogP contribution in [-0.4, -0.2) is 16.8 Å². The van der Waals surface area contributed by atoms with Crippen molar-refractivity contribution in [1.82, 2.24) is 4.98 Å². The summed E-state index contributed by atoms with van der Waals surface area (Å²) in [6.45, 7) is 0. The van der Waals surface area contributed by atoms with Crippen molar-refractivity contribution in [2.75, 3.05) is 5.32 Å². The van der Waals surface area contributed by atoms with E-state index in [9.17, 15) is 9.59 Å². The lowest BCUT2D eigenvalue weighted by Crippen LogP contribution is -2.14. The lowest BCUT2D eigenvalue weighted by molar-refractivity contribution is 0.0995. The van der Waals surface area contributed by atoms with Crippen LogP contribution in [0.2, 0.25) is 5.15 Å². The molecule has 0 bridgehead atoms. The Morgan fingerprint density at radius 2 is 1.68 bits per heavy atom. The van der Waals surface area contributed by atoms with Gasteiger partial charge in [-0.15, -0.1) is 0 Å². The molecule has 2 aromatic rings. The highest BCUT2D eigenvalue weighted by Crippen LogP contribution is 2.12. The molecule has 0 aliphatic carbocycles. The molecule has 0 aliphatic heterocycles. The minimum atomic E-state index is -0.533. The number of primary amides is 1. The fraction of sp³-hybridized carbons (Fsp3) is 0. The molecule has 6 heteroatoms. The van der Waals surface area contributed by atoms with Crippen molar-refractivity contribution >= 4 is 29.1 Å². The summed E-state index contributed by atoms with van der Waals surface area (Å²) < 4.78 is 0. The van der Waals surface area contributed by atoms with E-state index in [2.05, 4.69) is 10.3 Å².